The van der Waals surface area contributed by atoms with Crippen molar-refractivity contribution in [1.29, 1.82) is 0 Å². The van der Waals surface area contributed by atoms with Crippen LogP contribution in [0.25, 0.3) is 0 Å². The van der Waals surface area contributed by atoms with Gasteiger partial charge in [0.1, 0.15) is 0 Å². The Morgan fingerprint density at radius 3 is 2.46 bits per heavy atom. The number of carbonyl (C=O) groups is 1. The smallest absolute Gasteiger partial charge is 0.317 e. The molecule has 0 spiro atoms. The lowest BCUT2D eigenvalue weighted by atomic mass is 9.86. The molecule has 1 aliphatic rings. The van der Waals surface area contributed by atoms with E-state index in [9.17, 15) is 23.3 Å². The maximum Gasteiger partial charge on any atom is 0.317 e. The van der Waals surface area contributed by atoms with Gasteiger partial charge in [-0.1, -0.05) is 6.92 Å². The Hall–Kier alpha value is -2.04. The summed E-state index contributed by atoms with van der Waals surface area (Å²) in [5.41, 5.74) is 0.612. The van der Waals surface area contributed by atoms with Crippen molar-refractivity contribution in [2.24, 2.45) is 0 Å². The summed E-state index contributed by atoms with van der Waals surface area (Å²) in [4.78, 5) is 23.0. The molecule has 1 aromatic carbocycles. The molecule has 2 N–H and O–H groups in total. The number of hydrogen-bond acceptors (Lipinski definition) is 6. The van der Waals surface area contributed by atoms with E-state index in [0.29, 0.717) is 30.5 Å². The number of hydrogen-bond donors (Lipinski definition) is 2. The molecule has 0 radical (unpaired) electrons. The summed E-state index contributed by atoms with van der Waals surface area (Å²) < 4.78 is 27.8. The lowest BCUT2D eigenvalue weighted by Gasteiger charge is -2.42. The second-order valence-corrected chi connectivity index (χ2v) is 8.24. The highest BCUT2D eigenvalue weighted by Crippen LogP contribution is 2.30. The molecule has 0 aromatic heterocycles. The van der Waals surface area contributed by atoms with Crippen molar-refractivity contribution in [1.82, 2.24) is 9.62 Å². The van der Waals surface area contributed by atoms with E-state index in [2.05, 4.69) is 4.72 Å². The number of sulfonamides is 1. The summed E-state index contributed by atoms with van der Waals surface area (Å²) in [6.07, 6.45) is 1.01. The van der Waals surface area contributed by atoms with Crippen LogP contribution in [0.1, 0.15) is 30.9 Å². The van der Waals surface area contributed by atoms with Crippen LogP contribution in [0.2, 0.25) is 0 Å². The van der Waals surface area contributed by atoms with Crippen LogP contribution >= 0.6 is 0 Å². The fraction of sp³-hybridized carbons (Fsp3) is 0.562. The van der Waals surface area contributed by atoms with Crippen LogP contribution in [0.3, 0.4) is 0 Å². The molecule has 2 rings (SSSR count). The van der Waals surface area contributed by atoms with Crippen molar-refractivity contribution in [3.8, 4) is 0 Å². The molecule has 1 aromatic rings. The van der Waals surface area contributed by atoms with E-state index in [1.165, 1.54) is 6.07 Å². The summed E-state index contributed by atoms with van der Waals surface area (Å²) in [6.45, 7) is 5.51. The number of carboxylic acid groups (broad SMARTS) is 1. The highest BCUT2D eigenvalue weighted by Gasteiger charge is 2.37. The molecule has 0 heterocycles. The minimum atomic E-state index is -3.89. The first-order chi connectivity index (χ1) is 12.0. The molecule has 0 saturated heterocycles. The minimum Gasteiger partial charge on any atom is -0.480 e. The molecule has 144 valence electrons. The maximum absolute atomic E-state index is 12.6. The van der Waals surface area contributed by atoms with E-state index in [-0.39, 0.29) is 29.2 Å². The first kappa shape index (κ1) is 20.3. The van der Waals surface area contributed by atoms with Crippen LogP contribution < -0.4 is 4.72 Å². The Morgan fingerprint density at radius 2 is 1.96 bits per heavy atom. The third-order valence-electron chi connectivity index (χ3n) is 4.68. The Bertz CT molecular complexity index is 818. The predicted octanol–water partition coefficient (Wildman–Crippen LogP) is 1.43. The van der Waals surface area contributed by atoms with Crippen LogP contribution in [0.5, 0.6) is 0 Å². The number of rotatable bonds is 8. The molecule has 10 heteroatoms. The van der Waals surface area contributed by atoms with E-state index < -0.39 is 20.9 Å². The van der Waals surface area contributed by atoms with Gasteiger partial charge in [0.05, 0.1) is 16.4 Å². The Kier molecular flexibility index (Phi) is 5.99. The van der Waals surface area contributed by atoms with Gasteiger partial charge in [-0.3, -0.25) is 19.8 Å². The molecule has 1 aliphatic carbocycles. The molecule has 26 heavy (non-hydrogen) atoms. The fourth-order valence-electron chi connectivity index (χ4n) is 3.25. The third-order valence-corrected chi connectivity index (χ3v) is 6.34. The van der Waals surface area contributed by atoms with Crippen molar-refractivity contribution in [3.63, 3.8) is 0 Å². The Morgan fingerprint density at radius 1 is 1.35 bits per heavy atom. The highest BCUT2D eigenvalue weighted by atomic mass is 32.2. The molecule has 0 amide bonds. The van der Waals surface area contributed by atoms with Gasteiger partial charge >= 0.3 is 5.97 Å². The lowest BCUT2D eigenvalue weighted by Crippen LogP contribution is -2.54. The number of nitro groups is 1. The average Bonchev–Trinajstić information content (AvgIpc) is 2.47. The Labute approximate surface area is 152 Å². The molecule has 0 atom stereocenters. The first-order valence-electron chi connectivity index (χ1n) is 8.29. The topological polar surface area (TPSA) is 130 Å². The molecule has 0 aliphatic heterocycles. The average molecular weight is 385 g/mol. The fourth-order valence-corrected chi connectivity index (χ4v) is 4.75. The van der Waals surface area contributed by atoms with Gasteiger partial charge in [0.25, 0.3) is 5.69 Å². The van der Waals surface area contributed by atoms with Gasteiger partial charge < -0.3 is 5.11 Å². The number of nitrogens with zero attached hydrogens (tertiary/aromatic N) is 2. The highest BCUT2D eigenvalue weighted by molar-refractivity contribution is 7.89. The minimum absolute atomic E-state index is 0.0113. The second-order valence-electron chi connectivity index (χ2n) is 6.56. The SMILES string of the molecule is CCN(CC(=O)O)C1CC(NS(=O)(=O)c2cc([N+](=O)[O-])c(C)cc2C)C1. The van der Waals surface area contributed by atoms with Gasteiger partial charge in [-0.05, 0) is 44.9 Å². The summed E-state index contributed by atoms with van der Waals surface area (Å²) in [6, 6.07) is 2.28. The van der Waals surface area contributed by atoms with Gasteiger partial charge in [-0.2, -0.15) is 0 Å². The number of aryl methyl sites for hydroxylation is 2. The van der Waals surface area contributed by atoms with Crippen molar-refractivity contribution >= 4 is 21.7 Å². The number of carboxylic acids is 1. The van der Waals surface area contributed by atoms with Crippen molar-refractivity contribution < 1.29 is 23.2 Å². The van der Waals surface area contributed by atoms with Crippen LogP contribution in [0.15, 0.2) is 17.0 Å². The Balaban J connectivity index is 2.10. The number of benzene rings is 1. The maximum atomic E-state index is 12.6. The largest absolute Gasteiger partial charge is 0.480 e. The predicted molar refractivity (Wildman–Crippen MR) is 94.6 cm³/mol. The van der Waals surface area contributed by atoms with Gasteiger partial charge in [-0.15, -0.1) is 0 Å². The van der Waals surface area contributed by atoms with Crippen LogP contribution in [0, 0.1) is 24.0 Å². The zero-order valence-corrected chi connectivity index (χ0v) is 15.7. The van der Waals surface area contributed by atoms with Crippen LogP contribution in [-0.2, 0) is 14.8 Å². The normalized spacial score (nSPS) is 20.0. The quantitative estimate of drug-likeness (QED) is 0.511. The number of nitrogens with one attached hydrogen (secondary N) is 1. The lowest BCUT2D eigenvalue weighted by molar-refractivity contribution is -0.385. The van der Waals surface area contributed by atoms with Gasteiger partial charge in [-0.25, -0.2) is 13.1 Å². The van der Waals surface area contributed by atoms with E-state index in [1.54, 1.807) is 18.7 Å². The molecule has 0 unspecified atom stereocenters. The van der Waals surface area contributed by atoms with Crippen molar-refractivity contribution in [3.05, 3.63) is 33.4 Å². The zero-order chi connectivity index (χ0) is 19.6. The monoisotopic (exact) mass is 385 g/mol. The van der Waals surface area contributed by atoms with E-state index >= 15 is 0 Å². The molecule has 1 saturated carbocycles. The molecular formula is C16H23N3O6S. The van der Waals surface area contributed by atoms with Crippen LogP contribution in [-0.4, -0.2) is 54.5 Å². The summed E-state index contributed by atoms with van der Waals surface area (Å²) in [5, 5.41) is 20.0. The van der Waals surface area contributed by atoms with E-state index in [0.717, 1.165) is 6.07 Å². The van der Waals surface area contributed by atoms with Crippen molar-refractivity contribution in [2.45, 2.75) is 50.6 Å². The summed E-state index contributed by atoms with van der Waals surface area (Å²) in [7, 11) is -3.89. The number of nitro benzene ring substituents is 1. The summed E-state index contributed by atoms with van der Waals surface area (Å²) in [5.74, 6) is -0.918. The van der Waals surface area contributed by atoms with E-state index in [4.69, 9.17) is 5.11 Å². The molecule has 1 fully saturated rings. The van der Waals surface area contributed by atoms with Gasteiger partial charge in [0.15, 0.2) is 0 Å². The molecule has 9 nitrogen and oxygen atoms in total. The second kappa shape index (κ2) is 7.68. The number of likely N-dealkylation sites (N-methyl/N-ethyl adjacent to an activating group) is 1. The van der Waals surface area contributed by atoms with E-state index in [1.807, 2.05) is 6.92 Å². The van der Waals surface area contributed by atoms with Crippen LogP contribution in [0.4, 0.5) is 5.69 Å². The first-order valence-corrected chi connectivity index (χ1v) is 9.77. The zero-order valence-electron chi connectivity index (χ0n) is 14.9. The molecule has 0 bridgehead atoms. The third kappa shape index (κ3) is 4.37. The standard InChI is InChI=1S/C16H23N3O6S/c1-4-18(9-16(20)21)13-6-12(7-13)17-26(24,25)15-8-14(19(22)23)10(2)5-11(15)3/h5,8,12-13,17H,4,6-7,9H2,1-3H3,(H,20,21). The summed E-state index contributed by atoms with van der Waals surface area (Å²) >= 11 is 0. The van der Waals surface area contributed by atoms with Crippen molar-refractivity contribution in [2.75, 3.05) is 13.1 Å². The van der Waals surface area contributed by atoms with Gasteiger partial charge in [0, 0.05) is 23.7 Å². The molecular weight excluding hydrogens is 362 g/mol. The number of aliphatic carboxylic acids is 1. The van der Waals surface area contributed by atoms with Gasteiger partial charge in [0.2, 0.25) is 10.0 Å².